The summed E-state index contributed by atoms with van der Waals surface area (Å²) in [5, 5.41) is 15.9. The van der Waals surface area contributed by atoms with Gasteiger partial charge in [-0.2, -0.15) is 0 Å². The molecule has 3 aromatic rings. The lowest BCUT2D eigenvalue weighted by atomic mass is 9.99. The van der Waals surface area contributed by atoms with Crippen LogP contribution >= 0.6 is 11.3 Å². The molecule has 0 saturated heterocycles. The fourth-order valence-electron chi connectivity index (χ4n) is 3.42. The van der Waals surface area contributed by atoms with Gasteiger partial charge in [-0.1, -0.05) is 6.07 Å². The number of nitrogens with zero attached hydrogens (tertiary/aromatic N) is 3. The lowest BCUT2D eigenvalue weighted by molar-refractivity contribution is -0.384. The molecule has 2 heterocycles. The van der Waals surface area contributed by atoms with Crippen LogP contribution < -0.4 is 10.1 Å². The van der Waals surface area contributed by atoms with E-state index in [2.05, 4.69) is 27.3 Å². The summed E-state index contributed by atoms with van der Waals surface area (Å²) in [6.07, 6.45) is 0.959. The van der Waals surface area contributed by atoms with Gasteiger partial charge in [0.05, 0.1) is 17.7 Å². The fourth-order valence-corrected chi connectivity index (χ4v) is 4.12. The van der Waals surface area contributed by atoms with Crippen LogP contribution in [0.3, 0.4) is 0 Å². The molecule has 1 amide bonds. The van der Waals surface area contributed by atoms with E-state index < -0.39 is 4.92 Å². The van der Waals surface area contributed by atoms with E-state index in [-0.39, 0.29) is 11.6 Å². The molecule has 4 rings (SSSR count). The van der Waals surface area contributed by atoms with Crippen molar-refractivity contribution in [3.63, 3.8) is 0 Å². The third-order valence-electron chi connectivity index (χ3n) is 5.00. The van der Waals surface area contributed by atoms with Gasteiger partial charge in [0.25, 0.3) is 11.6 Å². The monoisotopic (exact) mass is 424 g/mol. The number of fused-ring (bicyclic) bond motifs is 1. The average molecular weight is 424 g/mol. The van der Waals surface area contributed by atoms with E-state index in [4.69, 9.17) is 4.74 Å². The van der Waals surface area contributed by atoms with Gasteiger partial charge in [-0.25, -0.2) is 4.98 Å². The van der Waals surface area contributed by atoms with Crippen LogP contribution in [-0.2, 0) is 19.5 Å². The molecule has 8 nitrogen and oxygen atoms in total. The number of nitrogens with one attached hydrogen (secondary N) is 1. The number of methoxy groups -OCH3 is 1. The van der Waals surface area contributed by atoms with Gasteiger partial charge in [0.15, 0.2) is 5.13 Å². The summed E-state index contributed by atoms with van der Waals surface area (Å²) in [7, 11) is 1.68. The van der Waals surface area contributed by atoms with E-state index in [0.29, 0.717) is 17.2 Å². The van der Waals surface area contributed by atoms with Gasteiger partial charge >= 0.3 is 0 Å². The summed E-state index contributed by atoms with van der Waals surface area (Å²) >= 11 is 1.37. The highest BCUT2D eigenvalue weighted by Gasteiger charge is 2.18. The Morgan fingerprint density at radius 1 is 1.27 bits per heavy atom. The number of hydrogen-bond donors (Lipinski definition) is 1. The Labute approximate surface area is 177 Å². The lowest BCUT2D eigenvalue weighted by Crippen LogP contribution is -2.30. The molecule has 0 radical (unpaired) electrons. The van der Waals surface area contributed by atoms with Crippen molar-refractivity contribution in [1.82, 2.24) is 9.88 Å². The Morgan fingerprint density at radius 3 is 2.80 bits per heavy atom. The average Bonchev–Trinajstić information content (AvgIpc) is 3.20. The molecule has 1 aliphatic heterocycles. The van der Waals surface area contributed by atoms with Crippen molar-refractivity contribution in [2.75, 3.05) is 19.0 Å². The number of anilines is 1. The Kier molecular flexibility index (Phi) is 5.73. The number of nitro benzene ring substituents is 1. The number of benzene rings is 2. The van der Waals surface area contributed by atoms with Crippen LogP contribution in [0.25, 0.3) is 0 Å². The first kappa shape index (κ1) is 20.0. The molecule has 9 heteroatoms. The molecule has 154 valence electrons. The molecule has 0 unspecified atom stereocenters. The van der Waals surface area contributed by atoms with Crippen LogP contribution in [-0.4, -0.2) is 34.4 Å². The SMILES string of the molecule is COc1ccc2c(c1)CCN(Cc1csc(NC(=O)c3ccc([N+](=O)[O-])cc3)n1)C2. The van der Waals surface area contributed by atoms with E-state index in [1.807, 2.05) is 11.4 Å². The summed E-state index contributed by atoms with van der Waals surface area (Å²) in [6, 6.07) is 11.7. The van der Waals surface area contributed by atoms with Gasteiger partial charge in [-0.15, -0.1) is 11.3 Å². The van der Waals surface area contributed by atoms with E-state index >= 15 is 0 Å². The zero-order valence-electron chi connectivity index (χ0n) is 16.3. The first-order valence-electron chi connectivity index (χ1n) is 9.40. The summed E-state index contributed by atoms with van der Waals surface area (Å²) < 4.78 is 5.30. The zero-order valence-corrected chi connectivity index (χ0v) is 17.1. The molecule has 0 aliphatic carbocycles. The van der Waals surface area contributed by atoms with E-state index in [1.54, 1.807) is 7.11 Å². The second kappa shape index (κ2) is 8.60. The molecule has 0 bridgehead atoms. The van der Waals surface area contributed by atoms with Gasteiger partial charge in [0.2, 0.25) is 0 Å². The molecule has 0 saturated carbocycles. The van der Waals surface area contributed by atoms with Crippen molar-refractivity contribution in [3.05, 3.63) is 80.3 Å². The number of rotatable bonds is 6. The van der Waals surface area contributed by atoms with E-state index in [1.165, 1.54) is 46.7 Å². The van der Waals surface area contributed by atoms with Crippen molar-refractivity contribution in [3.8, 4) is 5.75 Å². The van der Waals surface area contributed by atoms with Gasteiger partial charge in [-0.05, 0) is 41.8 Å². The second-order valence-corrected chi connectivity index (χ2v) is 7.86. The minimum atomic E-state index is -0.496. The first-order valence-corrected chi connectivity index (χ1v) is 10.3. The zero-order chi connectivity index (χ0) is 21.1. The van der Waals surface area contributed by atoms with Crippen LogP contribution in [0.15, 0.2) is 47.8 Å². The number of carbonyl (C=O) groups excluding carboxylic acids is 1. The van der Waals surface area contributed by atoms with Crippen LogP contribution in [0, 0.1) is 10.1 Å². The van der Waals surface area contributed by atoms with Gasteiger partial charge in [-0.3, -0.25) is 25.1 Å². The molecule has 0 fully saturated rings. The predicted molar refractivity (Wildman–Crippen MR) is 114 cm³/mol. The van der Waals surface area contributed by atoms with Gasteiger partial charge in [0, 0.05) is 42.7 Å². The van der Waals surface area contributed by atoms with Gasteiger partial charge in [0.1, 0.15) is 5.75 Å². The van der Waals surface area contributed by atoms with Crippen molar-refractivity contribution >= 4 is 28.1 Å². The number of carbonyl (C=O) groups is 1. The number of thiazole rings is 1. The highest BCUT2D eigenvalue weighted by Crippen LogP contribution is 2.25. The molecule has 1 aromatic heterocycles. The van der Waals surface area contributed by atoms with Crippen molar-refractivity contribution in [2.45, 2.75) is 19.5 Å². The maximum atomic E-state index is 12.3. The number of amides is 1. The van der Waals surface area contributed by atoms with Crippen LogP contribution in [0.5, 0.6) is 5.75 Å². The highest BCUT2D eigenvalue weighted by atomic mass is 32.1. The number of aromatic nitrogens is 1. The highest BCUT2D eigenvalue weighted by molar-refractivity contribution is 7.13. The standard InChI is InChI=1S/C21H20N4O4S/c1-29-19-7-4-16-11-24(9-8-15(16)10-19)12-17-13-30-21(22-17)23-20(26)14-2-5-18(6-3-14)25(27)28/h2-7,10,13H,8-9,11-12H2,1H3,(H,22,23,26). The van der Waals surface area contributed by atoms with Crippen LogP contribution in [0.1, 0.15) is 27.2 Å². The number of hydrogen-bond acceptors (Lipinski definition) is 7. The quantitative estimate of drug-likeness (QED) is 0.477. The summed E-state index contributed by atoms with van der Waals surface area (Å²) in [5.41, 5.74) is 3.81. The van der Waals surface area contributed by atoms with Crippen molar-refractivity contribution < 1.29 is 14.5 Å². The van der Waals surface area contributed by atoms with Crippen molar-refractivity contribution in [2.24, 2.45) is 0 Å². The first-order chi connectivity index (χ1) is 14.5. The number of nitro groups is 1. The fraction of sp³-hybridized carbons (Fsp3) is 0.238. The van der Waals surface area contributed by atoms with Crippen molar-refractivity contribution in [1.29, 1.82) is 0 Å². The Morgan fingerprint density at radius 2 is 2.07 bits per heavy atom. The van der Waals surface area contributed by atoms with E-state index in [0.717, 1.165) is 31.0 Å². The van der Waals surface area contributed by atoms with Gasteiger partial charge < -0.3 is 4.74 Å². The van der Waals surface area contributed by atoms with E-state index in [9.17, 15) is 14.9 Å². The largest absolute Gasteiger partial charge is 0.497 e. The Bertz CT molecular complexity index is 1080. The Hall–Kier alpha value is -3.30. The second-order valence-electron chi connectivity index (χ2n) is 7.00. The number of non-ortho nitro benzene ring substituents is 1. The lowest BCUT2D eigenvalue weighted by Gasteiger charge is -2.28. The summed E-state index contributed by atoms with van der Waals surface area (Å²) in [6.45, 7) is 2.49. The predicted octanol–water partition coefficient (Wildman–Crippen LogP) is 3.87. The summed E-state index contributed by atoms with van der Waals surface area (Å²) in [5.74, 6) is 0.543. The molecule has 0 atom stereocenters. The molecule has 2 aromatic carbocycles. The minimum Gasteiger partial charge on any atom is -0.497 e. The molecule has 1 aliphatic rings. The molecule has 0 spiro atoms. The van der Waals surface area contributed by atoms with Crippen LogP contribution in [0.2, 0.25) is 0 Å². The smallest absolute Gasteiger partial charge is 0.269 e. The number of ether oxygens (including phenoxy) is 1. The van der Waals surface area contributed by atoms with Crippen LogP contribution in [0.4, 0.5) is 10.8 Å². The maximum absolute atomic E-state index is 12.3. The Balaban J connectivity index is 1.36. The maximum Gasteiger partial charge on any atom is 0.269 e. The summed E-state index contributed by atoms with van der Waals surface area (Å²) in [4.78, 5) is 29.4. The minimum absolute atomic E-state index is 0.0513. The third-order valence-corrected chi connectivity index (χ3v) is 5.81. The molecule has 1 N–H and O–H groups in total. The molecular weight excluding hydrogens is 404 g/mol. The topological polar surface area (TPSA) is 97.6 Å². The molecule has 30 heavy (non-hydrogen) atoms. The molecular formula is C21H20N4O4S. The third kappa shape index (κ3) is 4.47. The normalized spacial score (nSPS) is 13.5.